The minimum Gasteiger partial charge on any atom is -0.460 e. The number of benzene rings is 1. The largest absolute Gasteiger partial charge is 0.460 e. The van der Waals surface area contributed by atoms with E-state index in [-0.39, 0.29) is 31.5 Å². The van der Waals surface area contributed by atoms with Crippen LogP contribution in [0.5, 0.6) is 0 Å². The first-order valence-electron chi connectivity index (χ1n) is 7.27. The highest BCUT2D eigenvalue weighted by Crippen LogP contribution is 2.16. The summed E-state index contributed by atoms with van der Waals surface area (Å²) in [5, 5.41) is 1.37. The number of amides is 1. The first kappa shape index (κ1) is 19.6. The van der Waals surface area contributed by atoms with Gasteiger partial charge in [-0.05, 0) is 19.0 Å². The van der Waals surface area contributed by atoms with E-state index in [2.05, 4.69) is 21.4 Å². The van der Waals surface area contributed by atoms with Crippen LogP contribution in [-0.4, -0.2) is 43.1 Å². The van der Waals surface area contributed by atoms with Crippen LogP contribution in [0.15, 0.2) is 28.7 Å². The fourth-order valence-corrected chi connectivity index (χ4v) is 2.26. The van der Waals surface area contributed by atoms with Crippen LogP contribution in [-0.2, 0) is 20.9 Å². The van der Waals surface area contributed by atoms with Crippen molar-refractivity contribution in [2.45, 2.75) is 25.5 Å². The Hall–Kier alpha value is -1.48. The average molecular weight is 387 g/mol. The summed E-state index contributed by atoms with van der Waals surface area (Å²) < 4.78 is 6.06. The second-order valence-corrected chi connectivity index (χ2v) is 6.04. The molecule has 0 bridgehead atoms. The summed E-state index contributed by atoms with van der Waals surface area (Å²) in [7, 11) is 1.59. The Morgan fingerprint density at radius 3 is 2.74 bits per heavy atom. The maximum atomic E-state index is 11.8. The van der Waals surface area contributed by atoms with Crippen LogP contribution in [0.4, 0.5) is 0 Å². The van der Waals surface area contributed by atoms with Crippen LogP contribution in [0.1, 0.15) is 18.4 Å². The molecule has 1 aromatic carbocycles. The highest BCUT2D eigenvalue weighted by atomic mass is 79.9. The van der Waals surface area contributed by atoms with Gasteiger partial charge in [0.25, 0.3) is 0 Å². The number of ether oxygens (including phenoxy) is 1. The van der Waals surface area contributed by atoms with Crippen molar-refractivity contribution in [1.82, 2.24) is 10.4 Å². The summed E-state index contributed by atoms with van der Waals surface area (Å²) in [6, 6.07) is 7.21. The minimum absolute atomic E-state index is 0.0533. The van der Waals surface area contributed by atoms with Crippen LogP contribution >= 0.6 is 15.9 Å². The molecule has 0 spiro atoms. The lowest BCUT2D eigenvalue weighted by Crippen LogP contribution is -2.44. The number of likely N-dealkylation sites (N-methyl/N-ethyl adjacent to an activating group) is 1. The van der Waals surface area contributed by atoms with Gasteiger partial charge in [0.05, 0.1) is 0 Å². The Balaban J connectivity index is 2.30. The van der Waals surface area contributed by atoms with Gasteiger partial charge in [0.2, 0.25) is 5.91 Å². The van der Waals surface area contributed by atoms with Gasteiger partial charge >= 0.3 is 5.97 Å². The van der Waals surface area contributed by atoms with Crippen molar-refractivity contribution in [1.29, 1.82) is 0 Å². The molecule has 0 aromatic heterocycles. The molecule has 0 aliphatic carbocycles. The third-order valence-electron chi connectivity index (χ3n) is 3.01. The third-order valence-corrected chi connectivity index (χ3v) is 3.79. The molecule has 128 valence electrons. The Morgan fingerprint density at radius 1 is 1.39 bits per heavy atom. The number of nitrogens with two attached hydrogens (primary N) is 2. The zero-order valence-electron chi connectivity index (χ0n) is 13.1. The summed E-state index contributed by atoms with van der Waals surface area (Å²) in [5.41, 5.74) is 14.6. The summed E-state index contributed by atoms with van der Waals surface area (Å²) >= 11 is 3.39. The molecular formula is C15H23BrN4O3. The first-order valence-corrected chi connectivity index (χ1v) is 8.07. The fraction of sp³-hybridized carbons (Fsp3) is 0.467. The molecule has 0 fully saturated rings. The highest BCUT2D eigenvalue weighted by Gasteiger charge is 2.13. The maximum absolute atomic E-state index is 11.8. The van der Waals surface area contributed by atoms with Gasteiger partial charge in [0.15, 0.2) is 0 Å². The van der Waals surface area contributed by atoms with Gasteiger partial charge in [-0.1, -0.05) is 34.1 Å². The van der Waals surface area contributed by atoms with Crippen LogP contribution in [0, 0.1) is 0 Å². The average Bonchev–Trinajstić information content (AvgIpc) is 2.46. The number of carbonyl (C=O) groups excluding carboxylic acids is 2. The summed E-state index contributed by atoms with van der Waals surface area (Å²) in [6.07, 6.45) is 0.735. The lowest BCUT2D eigenvalue weighted by Gasteiger charge is -2.18. The van der Waals surface area contributed by atoms with Crippen molar-refractivity contribution >= 4 is 27.8 Å². The van der Waals surface area contributed by atoms with Crippen LogP contribution in [0.3, 0.4) is 0 Å². The molecule has 0 saturated heterocycles. The molecular weight excluding hydrogens is 364 g/mol. The van der Waals surface area contributed by atoms with E-state index < -0.39 is 5.97 Å². The molecule has 0 aliphatic heterocycles. The standard InChI is InChI=1S/C15H23BrN4O3/c1-20(19-14(21)8-12(18)6-7-17)9-15(22)23-10-11-4-2-3-5-13(11)16/h2-5,12H,6-10,17-18H2,1H3,(H,19,21)/t12-/m0/s1. The molecule has 7 nitrogen and oxygen atoms in total. The predicted octanol–water partition coefficient (Wildman–Crippen LogP) is 0.522. The fourth-order valence-electron chi connectivity index (χ4n) is 1.87. The van der Waals surface area contributed by atoms with Crippen LogP contribution in [0.2, 0.25) is 0 Å². The van der Waals surface area contributed by atoms with Gasteiger partial charge in [0.1, 0.15) is 13.2 Å². The lowest BCUT2D eigenvalue weighted by atomic mass is 10.1. The van der Waals surface area contributed by atoms with Crippen molar-refractivity contribution in [3.8, 4) is 0 Å². The SMILES string of the molecule is CN(CC(=O)OCc1ccccc1Br)NC(=O)C[C@@H](N)CCN. The van der Waals surface area contributed by atoms with Crippen molar-refractivity contribution in [2.75, 3.05) is 20.1 Å². The van der Waals surface area contributed by atoms with Gasteiger partial charge < -0.3 is 16.2 Å². The van der Waals surface area contributed by atoms with E-state index >= 15 is 0 Å². The maximum Gasteiger partial charge on any atom is 0.322 e. The number of halogens is 1. The molecule has 23 heavy (non-hydrogen) atoms. The predicted molar refractivity (Wildman–Crippen MR) is 91.0 cm³/mol. The molecule has 1 amide bonds. The number of nitrogens with one attached hydrogen (secondary N) is 1. The monoisotopic (exact) mass is 386 g/mol. The smallest absolute Gasteiger partial charge is 0.322 e. The molecule has 1 atom stereocenters. The second-order valence-electron chi connectivity index (χ2n) is 5.18. The first-order chi connectivity index (χ1) is 10.9. The van der Waals surface area contributed by atoms with E-state index in [0.717, 1.165) is 10.0 Å². The van der Waals surface area contributed by atoms with Crippen LogP contribution < -0.4 is 16.9 Å². The zero-order chi connectivity index (χ0) is 17.2. The summed E-state index contributed by atoms with van der Waals surface area (Å²) in [6.45, 7) is 0.553. The summed E-state index contributed by atoms with van der Waals surface area (Å²) in [5.74, 6) is -0.693. The van der Waals surface area contributed by atoms with E-state index in [1.165, 1.54) is 5.01 Å². The third kappa shape index (κ3) is 8.08. The Morgan fingerprint density at radius 2 is 2.09 bits per heavy atom. The van der Waals surface area contributed by atoms with E-state index in [4.69, 9.17) is 16.2 Å². The van der Waals surface area contributed by atoms with Gasteiger partial charge in [-0.2, -0.15) is 0 Å². The molecule has 0 saturated carbocycles. The van der Waals surface area contributed by atoms with Gasteiger partial charge in [0, 0.05) is 29.5 Å². The number of nitrogens with zero attached hydrogens (tertiary/aromatic N) is 1. The zero-order valence-corrected chi connectivity index (χ0v) is 14.7. The molecule has 0 aliphatic rings. The number of hydrazine groups is 1. The Bertz CT molecular complexity index is 527. The van der Waals surface area contributed by atoms with Crippen LogP contribution in [0.25, 0.3) is 0 Å². The van der Waals surface area contributed by atoms with Crippen molar-refractivity contribution in [3.05, 3.63) is 34.3 Å². The molecule has 0 unspecified atom stereocenters. The molecule has 5 N–H and O–H groups in total. The highest BCUT2D eigenvalue weighted by molar-refractivity contribution is 9.10. The van der Waals surface area contributed by atoms with Crippen molar-refractivity contribution in [2.24, 2.45) is 11.5 Å². The lowest BCUT2D eigenvalue weighted by molar-refractivity contribution is -0.147. The number of carbonyl (C=O) groups is 2. The van der Waals surface area contributed by atoms with E-state index in [1.807, 2.05) is 24.3 Å². The van der Waals surface area contributed by atoms with E-state index in [0.29, 0.717) is 13.0 Å². The number of esters is 1. The Kier molecular flexibility index (Phi) is 8.78. The van der Waals surface area contributed by atoms with E-state index in [1.54, 1.807) is 7.05 Å². The molecule has 0 heterocycles. The minimum atomic E-state index is -0.435. The summed E-state index contributed by atoms with van der Waals surface area (Å²) in [4.78, 5) is 23.5. The molecule has 8 heteroatoms. The topological polar surface area (TPSA) is 111 Å². The van der Waals surface area contributed by atoms with Gasteiger partial charge in [-0.25, -0.2) is 5.01 Å². The second kappa shape index (κ2) is 10.3. The quantitative estimate of drug-likeness (QED) is 0.421. The van der Waals surface area contributed by atoms with Gasteiger partial charge in [-0.3, -0.25) is 15.0 Å². The number of rotatable bonds is 9. The molecule has 0 radical (unpaired) electrons. The number of hydrogen-bond acceptors (Lipinski definition) is 6. The molecule has 1 aromatic rings. The normalized spacial score (nSPS) is 12.0. The van der Waals surface area contributed by atoms with Crippen molar-refractivity contribution in [3.63, 3.8) is 0 Å². The Labute approximate surface area is 144 Å². The van der Waals surface area contributed by atoms with Gasteiger partial charge in [-0.15, -0.1) is 0 Å². The number of hydrogen-bond donors (Lipinski definition) is 3. The van der Waals surface area contributed by atoms with E-state index in [9.17, 15) is 9.59 Å². The molecule has 1 rings (SSSR count). The van der Waals surface area contributed by atoms with Crippen molar-refractivity contribution < 1.29 is 14.3 Å².